The molecule has 0 heterocycles. The Balaban J connectivity index is 4.34. The summed E-state index contributed by atoms with van der Waals surface area (Å²) < 4.78 is 17.2. The summed E-state index contributed by atoms with van der Waals surface area (Å²) in [4.78, 5) is 36.9. The van der Waals surface area contributed by atoms with Crippen LogP contribution in [0.25, 0.3) is 0 Å². The van der Waals surface area contributed by atoms with Crippen molar-refractivity contribution in [3.8, 4) is 0 Å². The second-order valence-electron chi connectivity index (χ2n) is 15.6. The van der Waals surface area contributed by atoms with Gasteiger partial charge >= 0.3 is 17.9 Å². The minimum absolute atomic E-state index is 0.0431. The van der Waals surface area contributed by atoms with Gasteiger partial charge in [0.2, 0.25) is 0 Å². The molecule has 8 heteroatoms. The number of quaternary nitrogens is 1. The van der Waals surface area contributed by atoms with Crippen molar-refractivity contribution in [2.24, 2.45) is 0 Å². The van der Waals surface area contributed by atoms with E-state index in [1.807, 2.05) is 21.1 Å². The molecule has 2 unspecified atom stereocenters. The number of carbonyl (C=O) groups excluding carboxylic acids is 2. The third kappa shape index (κ3) is 37.8. The Morgan fingerprint density at radius 2 is 0.982 bits per heavy atom. The van der Waals surface area contributed by atoms with Gasteiger partial charge in [-0.25, -0.2) is 4.79 Å². The number of aliphatic carboxylic acids is 1. The van der Waals surface area contributed by atoms with E-state index in [-0.39, 0.29) is 36.2 Å². The summed E-state index contributed by atoms with van der Waals surface area (Å²) in [7, 11) is 5.50. The van der Waals surface area contributed by atoms with Gasteiger partial charge in [-0.15, -0.1) is 0 Å². The Kier molecular flexibility index (Phi) is 36.9. The number of allylic oxidation sites excluding steroid dienone is 14. The molecule has 0 fully saturated rings. The summed E-state index contributed by atoms with van der Waals surface area (Å²) in [6.07, 6.45) is 50.6. The van der Waals surface area contributed by atoms with Crippen LogP contribution in [0.4, 0.5) is 0 Å². The van der Waals surface area contributed by atoms with Crippen LogP contribution in [-0.4, -0.2) is 80.6 Å². The van der Waals surface area contributed by atoms with Crippen molar-refractivity contribution in [2.45, 2.75) is 167 Å². The van der Waals surface area contributed by atoms with E-state index in [1.165, 1.54) is 12.8 Å². The molecular formula is C49H82NO7+. The Bertz CT molecular complexity index is 1200. The number of unbranched alkanes of at least 4 members (excludes halogenated alkanes) is 10. The third-order valence-corrected chi connectivity index (χ3v) is 9.28. The van der Waals surface area contributed by atoms with E-state index in [0.29, 0.717) is 19.3 Å². The maximum Gasteiger partial charge on any atom is 0.362 e. The molecular weight excluding hydrogens is 715 g/mol. The number of nitrogens with zero attached hydrogens (tertiary/aromatic N) is 1. The first-order valence-electron chi connectivity index (χ1n) is 22.1. The van der Waals surface area contributed by atoms with Crippen LogP contribution in [0.15, 0.2) is 85.1 Å². The molecule has 2 atom stereocenters. The lowest BCUT2D eigenvalue weighted by Crippen LogP contribution is -2.50. The number of esters is 2. The number of ether oxygens (including phenoxy) is 3. The predicted molar refractivity (Wildman–Crippen MR) is 238 cm³/mol. The largest absolute Gasteiger partial charge is 0.477 e. The zero-order valence-electron chi connectivity index (χ0n) is 36.8. The third-order valence-electron chi connectivity index (χ3n) is 9.28. The van der Waals surface area contributed by atoms with Gasteiger partial charge in [0.1, 0.15) is 6.61 Å². The maximum atomic E-state index is 12.7. The first kappa shape index (κ1) is 53.5. The average molecular weight is 797 g/mol. The van der Waals surface area contributed by atoms with Crippen LogP contribution < -0.4 is 0 Å². The summed E-state index contributed by atoms with van der Waals surface area (Å²) in [6.45, 7) is 4.51. The van der Waals surface area contributed by atoms with Crippen molar-refractivity contribution in [3.05, 3.63) is 85.1 Å². The highest BCUT2D eigenvalue weighted by Crippen LogP contribution is 2.12. The molecule has 0 aromatic heterocycles. The molecule has 0 aliphatic carbocycles. The number of carbonyl (C=O) groups is 3. The highest BCUT2D eigenvalue weighted by molar-refractivity contribution is 5.72. The first-order chi connectivity index (χ1) is 27.6. The van der Waals surface area contributed by atoms with Gasteiger partial charge in [0.05, 0.1) is 34.4 Å². The van der Waals surface area contributed by atoms with Crippen molar-refractivity contribution < 1.29 is 38.2 Å². The fourth-order valence-electron chi connectivity index (χ4n) is 5.84. The average Bonchev–Trinajstić information content (AvgIpc) is 3.17. The lowest BCUT2D eigenvalue weighted by Gasteiger charge is -2.31. The van der Waals surface area contributed by atoms with E-state index in [9.17, 15) is 19.5 Å². The normalized spacial score (nSPS) is 13.8. The molecule has 0 saturated heterocycles. The first-order valence-corrected chi connectivity index (χ1v) is 22.1. The van der Waals surface area contributed by atoms with Gasteiger partial charge in [-0.05, 0) is 83.5 Å². The smallest absolute Gasteiger partial charge is 0.362 e. The van der Waals surface area contributed by atoms with E-state index >= 15 is 0 Å². The summed E-state index contributed by atoms with van der Waals surface area (Å²) in [5.41, 5.74) is 0. The van der Waals surface area contributed by atoms with Crippen LogP contribution in [0, 0.1) is 0 Å². The van der Waals surface area contributed by atoms with Gasteiger partial charge < -0.3 is 23.8 Å². The highest BCUT2D eigenvalue weighted by atomic mass is 16.6. The van der Waals surface area contributed by atoms with Crippen molar-refractivity contribution in [2.75, 3.05) is 41.0 Å². The molecule has 0 radical (unpaired) electrons. The fraction of sp³-hybridized carbons (Fsp3) is 0.653. The lowest BCUT2D eigenvalue weighted by atomic mass is 10.1. The maximum absolute atomic E-state index is 12.7. The Labute approximate surface area is 348 Å². The lowest BCUT2D eigenvalue weighted by molar-refractivity contribution is -0.887. The van der Waals surface area contributed by atoms with Crippen molar-refractivity contribution >= 4 is 17.9 Å². The standard InChI is InChI=1S/C49H81NO7/c1-6-8-10-12-14-16-18-19-20-21-22-23-24-25-26-27-28-29-30-32-33-35-37-39-47(51)56-44-45(43-55-42-41-46(49(53)54)50(3,4)5)57-48(52)40-38-36-34-31-17-15-13-11-9-7-2/h8,10,13-16,19-20,22-23,25-26,28-29,45-46H,6-7,9,11-12,17-18,21,24,27,30-44H2,1-5H3/p+1/b10-8+,15-13+,16-14+,20-19+,23-22+,26-25+,29-28+. The molecule has 0 aliphatic rings. The van der Waals surface area contributed by atoms with Crippen LogP contribution in [0.1, 0.15) is 155 Å². The van der Waals surface area contributed by atoms with Gasteiger partial charge in [0.15, 0.2) is 12.1 Å². The fourth-order valence-corrected chi connectivity index (χ4v) is 5.84. The van der Waals surface area contributed by atoms with Gasteiger partial charge in [0.25, 0.3) is 0 Å². The molecule has 0 rings (SSSR count). The number of carboxylic acids is 1. The van der Waals surface area contributed by atoms with E-state index < -0.39 is 18.1 Å². The van der Waals surface area contributed by atoms with E-state index in [1.54, 1.807) is 0 Å². The molecule has 1 N–H and O–H groups in total. The van der Waals surface area contributed by atoms with Gasteiger partial charge in [0, 0.05) is 19.3 Å². The van der Waals surface area contributed by atoms with Crippen LogP contribution in [0.5, 0.6) is 0 Å². The molecule has 57 heavy (non-hydrogen) atoms. The molecule has 8 nitrogen and oxygen atoms in total. The molecule has 0 aliphatic heterocycles. The highest BCUT2D eigenvalue weighted by Gasteiger charge is 2.31. The van der Waals surface area contributed by atoms with Crippen molar-refractivity contribution in [1.82, 2.24) is 0 Å². The van der Waals surface area contributed by atoms with Gasteiger partial charge in [-0.3, -0.25) is 9.59 Å². The zero-order valence-corrected chi connectivity index (χ0v) is 36.8. The minimum atomic E-state index is -0.885. The van der Waals surface area contributed by atoms with Crippen molar-refractivity contribution in [3.63, 3.8) is 0 Å². The van der Waals surface area contributed by atoms with Crippen LogP contribution in [0.2, 0.25) is 0 Å². The number of likely N-dealkylation sites (N-methyl/N-ethyl adjacent to an activating group) is 1. The number of hydrogen-bond acceptors (Lipinski definition) is 6. The van der Waals surface area contributed by atoms with Crippen LogP contribution >= 0.6 is 0 Å². The Morgan fingerprint density at radius 1 is 0.544 bits per heavy atom. The molecule has 0 aromatic rings. The molecule has 0 aromatic carbocycles. The number of rotatable bonds is 38. The molecule has 0 saturated carbocycles. The Morgan fingerprint density at radius 3 is 1.46 bits per heavy atom. The summed E-state index contributed by atoms with van der Waals surface area (Å²) >= 11 is 0. The predicted octanol–water partition coefficient (Wildman–Crippen LogP) is 12.1. The molecule has 324 valence electrons. The second kappa shape index (κ2) is 39.3. The van der Waals surface area contributed by atoms with Crippen LogP contribution in [-0.2, 0) is 28.6 Å². The summed E-state index contributed by atoms with van der Waals surface area (Å²) in [6, 6.07) is -0.624. The second-order valence-corrected chi connectivity index (χ2v) is 15.6. The number of hydrogen-bond donors (Lipinski definition) is 1. The van der Waals surface area contributed by atoms with Crippen LogP contribution in [0.3, 0.4) is 0 Å². The van der Waals surface area contributed by atoms with E-state index in [0.717, 1.165) is 109 Å². The van der Waals surface area contributed by atoms with Gasteiger partial charge in [-0.2, -0.15) is 0 Å². The molecule has 0 spiro atoms. The molecule has 0 bridgehead atoms. The van der Waals surface area contributed by atoms with E-state index in [2.05, 4.69) is 98.9 Å². The molecule has 0 amide bonds. The topological polar surface area (TPSA) is 99.1 Å². The monoisotopic (exact) mass is 797 g/mol. The SMILES string of the molecule is CC/C=C/C/C=C/C/C=C/C/C=C/C/C=C/C/C=C/CCCCCCC(=O)OCC(COCCC(C(=O)O)[N+](C)(C)C)OC(=O)CCCCCC/C=C/CCCC. The summed E-state index contributed by atoms with van der Waals surface area (Å²) in [5.74, 6) is -1.53. The zero-order chi connectivity index (χ0) is 42.1. The number of carboxylic acid groups (broad SMARTS) is 1. The minimum Gasteiger partial charge on any atom is -0.477 e. The van der Waals surface area contributed by atoms with Gasteiger partial charge in [-0.1, -0.05) is 137 Å². The van der Waals surface area contributed by atoms with E-state index in [4.69, 9.17) is 14.2 Å². The Hall–Kier alpha value is -3.49. The van der Waals surface area contributed by atoms with Crippen molar-refractivity contribution in [1.29, 1.82) is 0 Å². The summed E-state index contributed by atoms with van der Waals surface area (Å²) in [5, 5.41) is 9.60. The quantitative estimate of drug-likeness (QED) is 0.0287.